The molecule has 2 N–H and O–H groups in total. The van der Waals surface area contributed by atoms with Crippen LogP contribution in [0.1, 0.15) is 34.1 Å². The van der Waals surface area contributed by atoms with Crippen LogP contribution < -0.4 is 5.73 Å². The molecule has 1 unspecified atom stereocenters. The molecule has 1 heterocycles. The normalized spacial score (nSPS) is 12.8. The predicted molar refractivity (Wildman–Crippen MR) is 69.9 cm³/mol. The Bertz CT molecular complexity index is 540. The van der Waals surface area contributed by atoms with Gasteiger partial charge in [-0.15, -0.1) is 0 Å². The zero-order valence-corrected chi connectivity index (χ0v) is 10.9. The van der Waals surface area contributed by atoms with Gasteiger partial charge in [0.15, 0.2) is 0 Å². The molecule has 3 heteroatoms. The Morgan fingerprint density at radius 1 is 1.18 bits per heavy atom. The van der Waals surface area contributed by atoms with Crippen LogP contribution in [0.5, 0.6) is 0 Å². The maximum Gasteiger partial charge on any atom is 0.0725 e. The van der Waals surface area contributed by atoms with E-state index in [4.69, 9.17) is 5.73 Å². The van der Waals surface area contributed by atoms with Gasteiger partial charge >= 0.3 is 0 Å². The first-order chi connectivity index (χ1) is 7.99. The van der Waals surface area contributed by atoms with E-state index in [1.165, 1.54) is 16.7 Å². The number of aryl methyl sites for hydroxylation is 4. The van der Waals surface area contributed by atoms with Gasteiger partial charge in [-0.05, 0) is 38.0 Å². The summed E-state index contributed by atoms with van der Waals surface area (Å²) in [6.45, 7) is 6.18. The molecule has 17 heavy (non-hydrogen) atoms. The molecule has 90 valence electrons. The summed E-state index contributed by atoms with van der Waals surface area (Å²) in [6, 6.07) is 8.31. The predicted octanol–water partition coefficient (Wildman–Crippen LogP) is 2.39. The average Bonchev–Trinajstić information content (AvgIpc) is 2.57. The van der Waals surface area contributed by atoms with Gasteiger partial charge in [0.05, 0.1) is 17.4 Å². The van der Waals surface area contributed by atoms with Crippen LogP contribution in [0.4, 0.5) is 0 Å². The molecule has 0 fully saturated rings. The molecular formula is C14H19N3. The highest BCUT2D eigenvalue weighted by atomic mass is 15.3. The largest absolute Gasteiger partial charge is 0.319 e. The van der Waals surface area contributed by atoms with Crippen LogP contribution in [-0.2, 0) is 7.05 Å². The lowest BCUT2D eigenvalue weighted by molar-refractivity contribution is 0.667. The number of rotatable bonds is 2. The number of nitrogens with zero attached hydrogens (tertiary/aromatic N) is 2. The minimum absolute atomic E-state index is 0.109. The van der Waals surface area contributed by atoms with Gasteiger partial charge in [-0.2, -0.15) is 5.10 Å². The summed E-state index contributed by atoms with van der Waals surface area (Å²) >= 11 is 0. The second kappa shape index (κ2) is 4.34. The van der Waals surface area contributed by atoms with Crippen LogP contribution in [0, 0.1) is 20.8 Å². The lowest BCUT2D eigenvalue weighted by Crippen LogP contribution is -2.17. The third-order valence-electron chi connectivity index (χ3n) is 3.12. The van der Waals surface area contributed by atoms with Crippen molar-refractivity contribution in [3.63, 3.8) is 0 Å². The van der Waals surface area contributed by atoms with Crippen molar-refractivity contribution >= 4 is 0 Å². The van der Waals surface area contributed by atoms with E-state index >= 15 is 0 Å². The molecule has 0 spiro atoms. The summed E-state index contributed by atoms with van der Waals surface area (Å²) in [5, 5.41) is 4.34. The summed E-state index contributed by atoms with van der Waals surface area (Å²) in [6.07, 6.45) is 0. The van der Waals surface area contributed by atoms with Crippen molar-refractivity contribution in [2.24, 2.45) is 12.8 Å². The highest BCUT2D eigenvalue weighted by molar-refractivity contribution is 5.37. The maximum absolute atomic E-state index is 6.32. The minimum atomic E-state index is -0.109. The Balaban J connectivity index is 2.43. The second-order valence-corrected chi connectivity index (χ2v) is 4.67. The van der Waals surface area contributed by atoms with Crippen LogP contribution >= 0.6 is 0 Å². The van der Waals surface area contributed by atoms with E-state index in [9.17, 15) is 0 Å². The van der Waals surface area contributed by atoms with Crippen LogP contribution in [0.3, 0.4) is 0 Å². The lowest BCUT2D eigenvalue weighted by Gasteiger charge is -2.15. The molecule has 0 bridgehead atoms. The van der Waals surface area contributed by atoms with Crippen molar-refractivity contribution in [3.05, 3.63) is 52.3 Å². The molecule has 0 radical (unpaired) electrons. The molecule has 1 aromatic heterocycles. The quantitative estimate of drug-likeness (QED) is 0.859. The molecule has 0 aliphatic carbocycles. The monoisotopic (exact) mass is 229 g/mol. The van der Waals surface area contributed by atoms with E-state index < -0.39 is 0 Å². The molecule has 1 aromatic carbocycles. The Hall–Kier alpha value is -1.61. The van der Waals surface area contributed by atoms with Crippen molar-refractivity contribution in [3.8, 4) is 0 Å². The van der Waals surface area contributed by atoms with Crippen molar-refractivity contribution in [1.29, 1.82) is 0 Å². The van der Waals surface area contributed by atoms with Gasteiger partial charge in [0.25, 0.3) is 0 Å². The van der Waals surface area contributed by atoms with Crippen molar-refractivity contribution in [2.75, 3.05) is 0 Å². The van der Waals surface area contributed by atoms with Crippen molar-refractivity contribution in [2.45, 2.75) is 26.8 Å². The SMILES string of the molecule is Cc1ccc(C(N)c2cc(C)nn2C)c(C)c1. The number of nitrogens with two attached hydrogens (primary N) is 1. The third kappa shape index (κ3) is 2.24. The van der Waals surface area contributed by atoms with Gasteiger partial charge < -0.3 is 5.73 Å². The first kappa shape index (κ1) is 11.9. The van der Waals surface area contributed by atoms with Crippen LogP contribution in [0.2, 0.25) is 0 Å². The highest BCUT2D eigenvalue weighted by Gasteiger charge is 2.15. The average molecular weight is 229 g/mol. The Morgan fingerprint density at radius 3 is 2.41 bits per heavy atom. The Kier molecular flexibility index (Phi) is 3.03. The fourth-order valence-corrected chi connectivity index (χ4v) is 2.26. The van der Waals surface area contributed by atoms with Crippen LogP contribution in [-0.4, -0.2) is 9.78 Å². The number of aromatic nitrogens is 2. The number of benzene rings is 1. The van der Waals surface area contributed by atoms with E-state index in [0.717, 1.165) is 11.4 Å². The second-order valence-electron chi connectivity index (χ2n) is 4.67. The molecular weight excluding hydrogens is 210 g/mol. The number of hydrogen-bond donors (Lipinski definition) is 1. The zero-order valence-electron chi connectivity index (χ0n) is 10.9. The maximum atomic E-state index is 6.32. The summed E-state index contributed by atoms with van der Waals surface area (Å²) in [4.78, 5) is 0. The summed E-state index contributed by atoms with van der Waals surface area (Å²) in [5.74, 6) is 0. The van der Waals surface area contributed by atoms with Crippen LogP contribution in [0.15, 0.2) is 24.3 Å². The summed E-state index contributed by atoms with van der Waals surface area (Å²) in [5.41, 5.74) is 12.0. The summed E-state index contributed by atoms with van der Waals surface area (Å²) < 4.78 is 1.86. The van der Waals surface area contributed by atoms with E-state index in [0.29, 0.717) is 0 Å². The topological polar surface area (TPSA) is 43.8 Å². The van der Waals surface area contributed by atoms with Crippen molar-refractivity contribution < 1.29 is 0 Å². The molecule has 0 amide bonds. The van der Waals surface area contributed by atoms with E-state index in [1.807, 2.05) is 24.7 Å². The molecule has 0 aliphatic rings. The fraction of sp³-hybridized carbons (Fsp3) is 0.357. The molecule has 0 saturated carbocycles. The van der Waals surface area contributed by atoms with Gasteiger partial charge in [-0.1, -0.05) is 23.8 Å². The smallest absolute Gasteiger partial charge is 0.0725 e. The van der Waals surface area contributed by atoms with Gasteiger partial charge in [0.2, 0.25) is 0 Å². The number of hydrogen-bond acceptors (Lipinski definition) is 2. The van der Waals surface area contributed by atoms with Gasteiger partial charge in [0.1, 0.15) is 0 Å². The lowest BCUT2D eigenvalue weighted by atomic mass is 9.97. The first-order valence-electron chi connectivity index (χ1n) is 5.82. The van der Waals surface area contributed by atoms with E-state index in [-0.39, 0.29) is 6.04 Å². The highest BCUT2D eigenvalue weighted by Crippen LogP contribution is 2.23. The third-order valence-corrected chi connectivity index (χ3v) is 3.12. The zero-order chi connectivity index (χ0) is 12.6. The van der Waals surface area contributed by atoms with Gasteiger partial charge in [-0.3, -0.25) is 4.68 Å². The van der Waals surface area contributed by atoms with Gasteiger partial charge in [-0.25, -0.2) is 0 Å². The standard InChI is InChI=1S/C14H19N3/c1-9-5-6-12(10(2)7-9)14(15)13-8-11(3)16-17(13)4/h5-8,14H,15H2,1-4H3. The minimum Gasteiger partial charge on any atom is -0.319 e. The first-order valence-corrected chi connectivity index (χ1v) is 5.82. The molecule has 1 atom stereocenters. The van der Waals surface area contributed by atoms with Gasteiger partial charge in [0, 0.05) is 7.05 Å². The summed E-state index contributed by atoms with van der Waals surface area (Å²) in [7, 11) is 1.94. The molecule has 0 saturated heterocycles. The van der Waals surface area contributed by atoms with E-state index in [2.05, 4.69) is 37.1 Å². The van der Waals surface area contributed by atoms with E-state index in [1.54, 1.807) is 0 Å². The Morgan fingerprint density at radius 2 is 1.88 bits per heavy atom. The van der Waals surface area contributed by atoms with Crippen molar-refractivity contribution in [1.82, 2.24) is 9.78 Å². The molecule has 3 nitrogen and oxygen atoms in total. The molecule has 2 aromatic rings. The fourth-order valence-electron chi connectivity index (χ4n) is 2.26. The molecule has 2 rings (SSSR count). The molecule has 0 aliphatic heterocycles. The Labute approximate surface area is 102 Å². The van der Waals surface area contributed by atoms with Crippen LogP contribution in [0.25, 0.3) is 0 Å².